The minimum Gasteiger partial charge on any atom is -0.492 e. The topological polar surface area (TPSA) is 37.4 Å². The van der Waals surface area contributed by atoms with Crippen LogP contribution in [0.5, 0.6) is 5.75 Å². The van der Waals surface area contributed by atoms with Gasteiger partial charge in [0.05, 0.1) is 24.7 Å². The maximum absolute atomic E-state index is 5.81. The van der Waals surface area contributed by atoms with Gasteiger partial charge in [-0.2, -0.15) is 0 Å². The summed E-state index contributed by atoms with van der Waals surface area (Å²) in [7, 11) is 0. The summed E-state index contributed by atoms with van der Waals surface area (Å²) in [5.74, 6) is 1.64. The molecule has 1 N–H and O–H groups in total. The zero-order valence-electron chi connectivity index (χ0n) is 12.8. The van der Waals surface area contributed by atoms with Gasteiger partial charge in [-0.3, -0.25) is 4.98 Å². The van der Waals surface area contributed by atoms with E-state index < -0.39 is 0 Å². The lowest BCUT2D eigenvalue weighted by Gasteiger charge is -2.22. The van der Waals surface area contributed by atoms with Gasteiger partial charge in [-0.05, 0) is 31.7 Å². The molecule has 2 heterocycles. The van der Waals surface area contributed by atoms with E-state index in [1.807, 2.05) is 12.4 Å². The van der Waals surface area contributed by atoms with Crippen LogP contribution in [0, 0.1) is 5.92 Å². The molecule has 1 aliphatic rings. The number of anilines is 1. The van der Waals surface area contributed by atoms with Crippen LogP contribution in [0.1, 0.15) is 33.1 Å². The number of rotatable bonds is 6. The molecule has 0 radical (unpaired) electrons. The number of aromatic nitrogens is 1. The van der Waals surface area contributed by atoms with E-state index in [2.05, 4.69) is 35.1 Å². The van der Waals surface area contributed by atoms with Crippen LogP contribution in [-0.4, -0.2) is 37.8 Å². The van der Waals surface area contributed by atoms with Crippen LogP contribution in [0.3, 0.4) is 0 Å². The van der Waals surface area contributed by atoms with Gasteiger partial charge in [0.25, 0.3) is 0 Å². The van der Waals surface area contributed by atoms with E-state index in [9.17, 15) is 0 Å². The largest absolute Gasteiger partial charge is 0.492 e. The second-order valence-electron chi connectivity index (χ2n) is 5.85. The van der Waals surface area contributed by atoms with Crippen LogP contribution < -0.4 is 15.0 Å². The van der Waals surface area contributed by atoms with Crippen molar-refractivity contribution >= 4 is 5.69 Å². The summed E-state index contributed by atoms with van der Waals surface area (Å²) in [5, 5.41) is 3.42. The van der Waals surface area contributed by atoms with E-state index in [1.165, 1.54) is 18.5 Å². The summed E-state index contributed by atoms with van der Waals surface area (Å²) >= 11 is 0. The smallest absolute Gasteiger partial charge is 0.139 e. The third kappa shape index (κ3) is 5.00. The molecule has 0 spiro atoms. The van der Waals surface area contributed by atoms with E-state index in [0.29, 0.717) is 0 Å². The van der Waals surface area contributed by atoms with Crippen molar-refractivity contribution in [3.8, 4) is 5.75 Å². The van der Waals surface area contributed by atoms with Crippen LogP contribution >= 0.6 is 0 Å². The first kappa shape index (κ1) is 15.1. The second-order valence-corrected chi connectivity index (χ2v) is 5.85. The van der Waals surface area contributed by atoms with Crippen molar-refractivity contribution in [2.45, 2.75) is 33.1 Å². The standard InChI is InChI=1S/C16H27N3O/c1-14(2)5-3-10-20-16-11-15(12-18-13-16)19-8-4-6-17-7-9-19/h11-14,17H,3-10H2,1-2H3. The van der Waals surface area contributed by atoms with Crippen molar-refractivity contribution in [1.82, 2.24) is 10.3 Å². The molecule has 2 rings (SSSR count). The molecule has 20 heavy (non-hydrogen) atoms. The highest BCUT2D eigenvalue weighted by Gasteiger charge is 2.10. The van der Waals surface area contributed by atoms with Gasteiger partial charge in [-0.1, -0.05) is 13.8 Å². The Morgan fingerprint density at radius 2 is 2.20 bits per heavy atom. The first-order valence-corrected chi connectivity index (χ1v) is 7.79. The highest BCUT2D eigenvalue weighted by atomic mass is 16.5. The first-order valence-electron chi connectivity index (χ1n) is 7.79. The molecule has 1 fully saturated rings. The Labute approximate surface area is 122 Å². The van der Waals surface area contributed by atoms with E-state index in [1.54, 1.807) is 0 Å². The fourth-order valence-corrected chi connectivity index (χ4v) is 2.44. The molecule has 1 aliphatic heterocycles. The lowest BCUT2D eigenvalue weighted by atomic mass is 10.1. The Bertz CT molecular complexity index is 387. The molecular formula is C16H27N3O. The summed E-state index contributed by atoms with van der Waals surface area (Å²) in [5.41, 5.74) is 1.18. The summed E-state index contributed by atoms with van der Waals surface area (Å²) in [6.45, 7) is 9.55. The van der Waals surface area contributed by atoms with Crippen molar-refractivity contribution in [2.24, 2.45) is 5.92 Å². The van der Waals surface area contributed by atoms with Gasteiger partial charge in [0, 0.05) is 25.7 Å². The maximum atomic E-state index is 5.81. The minimum absolute atomic E-state index is 0.743. The van der Waals surface area contributed by atoms with Gasteiger partial charge in [0.15, 0.2) is 0 Å². The van der Waals surface area contributed by atoms with E-state index >= 15 is 0 Å². The molecule has 0 aliphatic carbocycles. The monoisotopic (exact) mass is 277 g/mol. The number of pyridine rings is 1. The number of hydrogen-bond acceptors (Lipinski definition) is 4. The maximum Gasteiger partial charge on any atom is 0.139 e. The lowest BCUT2D eigenvalue weighted by Crippen LogP contribution is -2.27. The van der Waals surface area contributed by atoms with Gasteiger partial charge in [0.1, 0.15) is 5.75 Å². The molecule has 0 amide bonds. The normalized spacial score (nSPS) is 16.2. The summed E-state index contributed by atoms with van der Waals surface area (Å²) in [6, 6.07) is 2.12. The van der Waals surface area contributed by atoms with Gasteiger partial charge in [0.2, 0.25) is 0 Å². The van der Waals surface area contributed by atoms with E-state index in [-0.39, 0.29) is 0 Å². The van der Waals surface area contributed by atoms with Gasteiger partial charge >= 0.3 is 0 Å². The van der Waals surface area contributed by atoms with Crippen molar-refractivity contribution in [1.29, 1.82) is 0 Å². The Morgan fingerprint density at radius 3 is 3.05 bits per heavy atom. The predicted molar refractivity (Wildman–Crippen MR) is 83.5 cm³/mol. The number of ether oxygens (including phenoxy) is 1. The highest BCUT2D eigenvalue weighted by molar-refractivity contribution is 5.48. The molecule has 0 bridgehead atoms. The minimum atomic E-state index is 0.743. The Hall–Kier alpha value is -1.29. The molecule has 1 aromatic heterocycles. The summed E-state index contributed by atoms with van der Waals surface area (Å²) in [6.07, 6.45) is 7.25. The summed E-state index contributed by atoms with van der Waals surface area (Å²) in [4.78, 5) is 6.70. The van der Waals surface area contributed by atoms with Gasteiger partial charge in [-0.25, -0.2) is 0 Å². The van der Waals surface area contributed by atoms with E-state index in [0.717, 1.165) is 50.9 Å². The average molecular weight is 277 g/mol. The molecule has 0 unspecified atom stereocenters. The summed E-state index contributed by atoms with van der Waals surface area (Å²) < 4.78 is 5.81. The highest BCUT2D eigenvalue weighted by Crippen LogP contribution is 2.20. The quantitative estimate of drug-likeness (QED) is 0.811. The Morgan fingerprint density at radius 1 is 1.30 bits per heavy atom. The SMILES string of the molecule is CC(C)CCCOc1cncc(N2CCCNCC2)c1. The number of nitrogens with one attached hydrogen (secondary N) is 1. The second kappa shape index (κ2) is 8.10. The fraction of sp³-hybridized carbons (Fsp3) is 0.688. The van der Waals surface area contributed by atoms with Gasteiger partial charge < -0.3 is 15.0 Å². The molecule has 0 saturated carbocycles. The molecule has 1 saturated heterocycles. The molecule has 0 aromatic carbocycles. The fourth-order valence-electron chi connectivity index (χ4n) is 2.44. The van der Waals surface area contributed by atoms with Crippen LogP contribution in [0.2, 0.25) is 0 Å². The molecule has 1 aromatic rings. The molecule has 0 atom stereocenters. The van der Waals surface area contributed by atoms with Crippen LogP contribution in [0.25, 0.3) is 0 Å². The van der Waals surface area contributed by atoms with Crippen molar-refractivity contribution < 1.29 is 4.74 Å². The number of hydrogen-bond donors (Lipinski definition) is 1. The number of nitrogens with zero attached hydrogens (tertiary/aromatic N) is 2. The van der Waals surface area contributed by atoms with Crippen molar-refractivity contribution in [3.05, 3.63) is 18.5 Å². The Balaban J connectivity index is 1.86. The van der Waals surface area contributed by atoms with Crippen molar-refractivity contribution in [3.63, 3.8) is 0 Å². The molecule has 112 valence electrons. The predicted octanol–water partition coefficient (Wildman–Crippen LogP) is 2.70. The van der Waals surface area contributed by atoms with E-state index in [4.69, 9.17) is 4.74 Å². The Kier molecular flexibility index (Phi) is 6.12. The molecular weight excluding hydrogens is 250 g/mol. The lowest BCUT2D eigenvalue weighted by molar-refractivity contribution is 0.296. The third-order valence-electron chi connectivity index (χ3n) is 3.60. The van der Waals surface area contributed by atoms with Crippen LogP contribution in [0.15, 0.2) is 18.5 Å². The average Bonchev–Trinajstić information content (AvgIpc) is 2.73. The zero-order valence-corrected chi connectivity index (χ0v) is 12.8. The van der Waals surface area contributed by atoms with Crippen LogP contribution in [0.4, 0.5) is 5.69 Å². The van der Waals surface area contributed by atoms with Gasteiger partial charge in [-0.15, -0.1) is 0 Å². The molecule has 4 nitrogen and oxygen atoms in total. The first-order chi connectivity index (χ1) is 9.75. The zero-order chi connectivity index (χ0) is 14.2. The van der Waals surface area contributed by atoms with Crippen molar-refractivity contribution in [2.75, 3.05) is 37.7 Å². The molecule has 4 heteroatoms. The third-order valence-corrected chi connectivity index (χ3v) is 3.60. The van der Waals surface area contributed by atoms with Crippen LogP contribution in [-0.2, 0) is 0 Å².